The summed E-state index contributed by atoms with van der Waals surface area (Å²) in [7, 11) is -10.3. The molecule has 0 bridgehead atoms. The monoisotopic (exact) mass is 455 g/mol. The van der Waals surface area contributed by atoms with Gasteiger partial charge in [0.15, 0.2) is 0 Å². The summed E-state index contributed by atoms with van der Waals surface area (Å²) < 4.78 is 17.3. The second-order valence-corrected chi connectivity index (χ2v) is 2.81. The van der Waals surface area contributed by atoms with Gasteiger partial charge in [-0.3, -0.25) is 0 Å². The van der Waals surface area contributed by atoms with Gasteiger partial charge in [0, 0.05) is 0 Å². The largest absolute Gasteiger partial charge is 4.00 e. The first-order valence-corrected chi connectivity index (χ1v) is 4.49. The van der Waals surface area contributed by atoms with E-state index in [0.717, 1.165) is 0 Å². The summed E-state index contributed by atoms with van der Waals surface area (Å²) >= 11 is 0. The zero-order chi connectivity index (χ0) is 9.00. The van der Waals surface area contributed by atoms with Crippen molar-refractivity contribution >= 4 is 15.6 Å². The molecule has 0 heterocycles. The van der Waals surface area contributed by atoms with Gasteiger partial charge in [0.1, 0.15) is 0 Å². The summed E-state index contributed by atoms with van der Waals surface area (Å²) in [6.07, 6.45) is 0. The van der Waals surface area contributed by atoms with Crippen molar-refractivity contribution in [3.8, 4) is 0 Å². The maximum Gasteiger partial charge on any atom is 4.00 e. The van der Waals surface area contributed by atoms with Crippen LogP contribution in [0.5, 0.6) is 0 Å². The summed E-state index contributed by atoms with van der Waals surface area (Å²) in [5.74, 6) is 0. The van der Waals surface area contributed by atoms with Gasteiger partial charge >= 0.3 is 21.1 Å². The topological polar surface area (TPSA) is 307 Å². The van der Waals surface area contributed by atoms with Crippen LogP contribution in [0.3, 0.4) is 0 Å². The van der Waals surface area contributed by atoms with Crippen LogP contribution in [0, 0.1) is 0 Å². The Balaban J connectivity index is -0.0000000128. The molecule has 0 unspecified atom stereocenters. The Morgan fingerprint density at radius 1 is 0.667 bits per heavy atom. The Kier molecular flexibility index (Phi) is 51.2. The van der Waals surface area contributed by atoms with E-state index in [-0.39, 0.29) is 45.7 Å². The maximum absolute atomic E-state index is 8.66. The molecule has 0 aromatic heterocycles. The first-order chi connectivity index (χ1) is 4.00. The summed E-state index contributed by atoms with van der Waals surface area (Å²) in [4.78, 5) is 48.6. The summed E-state index contributed by atoms with van der Waals surface area (Å²) in [5.41, 5.74) is 0. The van der Waals surface area contributed by atoms with Crippen LogP contribution in [0.1, 0.15) is 0 Å². The van der Waals surface area contributed by atoms with E-state index in [1.165, 1.54) is 0 Å². The standard InChI is InChI=1S/4H3N.2H3O4P.Pt/c;;;;2*1-5(2,3)4;/h4*1H3;2*(H3,1,2,3,4);/q;;;;;;+4/p-4. The minimum absolute atomic E-state index is 0. The van der Waals surface area contributed by atoms with Crippen molar-refractivity contribution in [1.82, 2.24) is 24.6 Å². The van der Waals surface area contributed by atoms with Gasteiger partial charge in [-0.15, -0.1) is 0 Å². The minimum Gasteiger partial charge on any atom is -0.790 e. The predicted octanol–water partition coefficient (Wildman–Crippen LogP) is -3.74. The van der Waals surface area contributed by atoms with E-state index < -0.39 is 15.6 Å². The number of hydrogen-bond acceptors (Lipinski definition) is 10. The Hall–Kier alpha value is 0.748. The molecule has 15 heteroatoms. The van der Waals surface area contributed by atoms with Crippen molar-refractivity contribution in [2.75, 3.05) is 0 Å². The SMILES string of the molecule is N.N.N.N.O=P([O-])([O-])O.O=P([O-])([O-])O.[Pt+4]. The molecule has 0 saturated heterocycles. The molecule has 0 rings (SSSR count). The molecule has 0 aliphatic carbocycles. The van der Waals surface area contributed by atoms with Crippen LogP contribution in [-0.2, 0) is 30.2 Å². The third-order valence-electron chi connectivity index (χ3n) is 0. The molecule has 0 aliphatic rings. The second kappa shape index (κ2) is 17.2. The first-order valence-electron chi connectivity index (χ1n) is 1.50. The van der Waals surface area contributed by atoms with Crippen LogP contribution >= 0.6 is 15.6 Å². The third-order valence-corrected chi connectivity index (χ3v) is 0. The predicted molar refractivity (Wildman–Crippen MR) is 39.7 cm³/mol. The molecule has 0 radical (unpaired) electrons. The molecule has 0 fully saturated rings. The van der Waals surface area contributed by atoms with Gasteiger partial charge in [0.05, 0.1) is 15.6 Å². The van der Waals surface area contributed by atoms with Crippen molar-refractivity contribution in [2.45, 2.75) is 0 Å². The molecule has 15 heavy (non-hydrogen) atoms. The van der Waals surface area contributed by atoms with E-state index in [4.69, 9.17) is 38.5 Å². The first kappa shape index (κ1) is 44.8. The normalized spacial score (nSPS) is 7.87. The Morgan fingerprint density at radius 2 is 0.667 bits per heavy atom. The van der Waals surface area contributed by atoms with Crippen molar-refractivity contribution < 1.29 is 59.6 Å². The molecule has 12 nitrogen and oxygen atoms in total. The Labute approximate surface area is 100 Å². The molecule has 0 aromatic carbocycles. The van der Waals surface area contributed by atoms with E-state index in [9.17, 15) is 0 Å². The number of hydrogen-bond donors (Lipinski definition) is 6. The average Bonchev–Trinajstić information content (AvgIpc) is 1.12. The average molecular weight is 455 g/mol. The van der Waals surface area contributed by atoms with E-state index >= 15 is 0 Å². The zero-order valence-electron chi connectivity index (χ0n) is 7.38. The molecule has 0 amide bonds. The third kappa shape index (κ3) is 4280. The van der Waals surface area contributed by atoms with Crippen molar-refractivity contribution in [3.63, 3.8) is 0 Å². The van der Waals surface area contributed by atoms with Crippen LogP contribution in [0.15, 0.2) is 0 Å². The van der Waals surface area contributed by atoms with Crippen LogP contribution in [-0.4, -0.2) is 9.79 Å². The fourth-order valence-corrected chi connectivity index (χ4v) is 0. The Bertz CT molecular complexity index is 137. The fourth-order valence-electron chi connectivity index (χ4n) is 0. The van der Waals surface area contributed by atoms with Crippen LogP contribution < -0.4 is 44.2 Å². The molecular weight excluding hydrogens is 441 g/mol. The van der Waals surface area contributed by atoms with Gasteiger partial charge in [-0.1, -0.05) is 0 Å². The second-order valence-electron chi connectivity index (χ2n) is 0.937. The fraction of sp³-hybridized carbons (Fsp3) is 0. The van der Waals surface area contributed by atoms with Crippen molar-refractivity contribution in [1.29, 1.82) is 0 Å². The maximum atomic E-state index is 8.66. The van der Waals surface area contributed by atoms with Crippen molar-refractivity contribution in [2.24, 2.45) is 0 Å². The van der Waals surface area contributed by atoms with E-state index in [1.807, 2.05) is 0 Å². The van der Waals surface area contributed by atoms with Gasteiger partial charge in [0.25, 0.3) is 0 Å². The molecule has 0 saturated carbocycles. The van der Waals surface area contributed by atoms with E-state index in [2.05, 4.69) is 0 Å². The van der Waals surface area contributed by atoms with Gasteiger partial charge in [-0.2, -0.15) is 0 Å². The van der Waals surface area contributed by atoms with Gasteiger partial charge in [0.2, 0.25) is 0 Å². The summed E-state index contributed by atoms with van der Waals surface area (Å²) in [5, 5.41) is 0. The molecular formula is H14N4O8P2Pt. The smallest absolute Gasteiger partial charge is 0.790 e. The zero-order valence-corrected chi connectivity index (χ0v) is 11.4. The van der Waals surface area contributed by atoms with Gasteiger partial charge < -0.3 is 63.1 Å². The number of phosphoric acid groups is 2. The summed E-state index contributed by atoms with van der Waals surface area (Å²) in [6, 6.07) is 0. The van der Waals surface area contributed by atoms with Crippen molar-refractivity contribution in [3.05, 3.63) is 0 Å². The molecule has 0 aromatic rings. The number of rotatable bonds is 0. The molecule has 0 spiro atoms. The molecule has 14 N–H and O–H groups in total. The molecule has 102 valence electrons. The Morgan fingerprint density at radius 3 is 0.667 bits per heavy atom. The van der Waals surface area contributed by atoms with Crippen LogP contribution in [0.2, 0.25) is 0 Å². The van der Waals surface area contributed by atoms with E-state index in [0.29, 0.717) is 0 Å². The van der Waals surface area contributed by atoms with Crippen LogP contribution in [0.25, 0.3) is 0 Å². The van der Waals surface area contributed by atoms with E-state index in [1.54, 1.807) is 0 Å². The van der Waals surface area contributed by atoms with Gasteiger partial charge in [-0.25, -0.2) is 0 Å². The minimum atomic E-state index is -5.14. The molecule has 0 atom stereocenters. The molecule has 0 aliphatic heterocycles. The summed E-state index contributed by atoms with van der Waals surface area (Å²) in [6.45, 7) is 0. The van der Waals surface area contributed by atoms with Gasteiger partial charge in [-0.05, 0) is 0 Å². The van der Waals surface area contributed by atoms with Crippen LogP contribution in [0.4, 0.5) is 0 Å². The quantitative estimate of drug-likeness (QED) is 0.192.